The minimum atomic E-state index is -0.0484. The number of benzene rings is 2. The molecule has 1 unspecified atom stereocenters. The lowest BCUT2D eigenvalue weighted by Crippen LogP contribution is -2.05. The summed E-state index contributed by atoms with van der Waals surface area (Å²) in [6.07, 6.45) is 0. The Morgan fingerprint density at radius 2 is 1.86 bits per heavy atom. The fraction of sp³-hybridized carbons (Fsp3) is 0.176. The molecule has 1 aliphatic rings. The number of nitrogens with zero attached hydrogens (tertiary/aromatic N) is 1. The van der Waals surface area contributed by atoms with Crippen molar-refractivity contribution in [1.29, 1.82) is 0 Å². The van der Waals surface area contributed by atoms with Gasteiger partial charge >= 0.3 is 0 Å². The Labute approximate surface area is 128 Å². The van der Waals surface area contributed by atoms with E-state index < -0.39 is 0 Å². The van der Waals surface area contributed by atoms with Crippen molar-refractivity contribution >= 4 is 28.4 Å². The van der Waals surface area contributed by atoms with Crippen LogP contribution >= 0.6 is 11.8 Å². The van der Waals surface area contributed by atoms with Crippen molar-refractivity contribution in [3.63, 3.8) is 0 Å². The van der Waals surface area contributed by atoms with Gasteiger partial charge in [0.1, 0.15) is 0 Å². The molecule has 1 heterocycles. The van der Waals surface area contributed by atoms with Gasteiger partial charge in [0.15, 0.2) is 0 Å². The first-order valence-electron chi connectivity index (χ1n) is 6.86. The minimum Gasteiger partial charge on any atom is -0.326 e. The molecular formula is C17H16N2OS. The summed E-state index contributed by atoms with van der Waals surface area (Å²) in [6.45, 7) is 2.31. The Balaban J connectivity index is 1.69. The van der Waals surface area contributed by atoms with Gasteiger partial charge < -0.3 is 5.32 Å². The number of anilines is 1. The predicted octanol–water partition coefficient (Wildman–Crippen LogP) is 3.88. The van der Waals surface area contributed by atoms with Gasteiger partial charge in [-0.3, -0.25) is 9.79 Å². The molecule has 0 saturated carbocycles. The van der Waals surface area contributed by atoms with Crippen molar-refractivity contribution in [2.45, 2.75) is 12.2 Å². The lowest BCUT2D eigenvalue weighted by Gasteiger charge is -2.10. The SMILES string of the molecule is CC(=O)Nc1ccc(C2CN=C(c3ccccc3)S2)cc1. The average Bonchev–Trinajstić information content (AvgIpc) is 2.98. The van der Waals surface area contributed by atoms with Gasteiger partial charge in [0.25, 0.3) is 0 Å². The third-order valence-electron chi connectivity index (χ3n) is 3.28. The van der Waals surface area contributed by atoms with Crippen LogP contribution in [0.1, 0.15) is 23.3 Å². The van der Waals surface area contributed by atoms with Crippen LogP contribution in [0.15, 0.2) is 59.6 Å². The summed E-state index contributed by atoms with van der Waals surface area (Å²) in [5, 5.41) is 4.24. The number of hydrogen-bond acceptors (Lipinski definition) is 3. The first-order valence-corrected chi connectivity index (χ1v) is 7.74. The molecule has 3 nitrogen and oxygen atoms in total. The maximum absolute atomic E-state index is 11.0. The third-order valence-corrected chi connectivity index (χ3v) is 4.57. The normalized spacial score (nSPS) is 17.4. The first kappa shape index (κ1) is 13.9. The number of aliphatic imine (C=N–C) groups is 1. The van der Waals surface area contributed by atoms with E-state index in [1.807, 2.05) is 30.3 Å². The number of amides is 1. The maximum Gasteiger partial charge on any atom is 0.221 e. The topological polar surface area (TPSA) is 41.5 Å². The van der Waals surface area contributed by atoms with Gasteiger partial charge in [-0.25, -0.2) is 0 Å². The van der Waals surface area contributed by atoms with Crippen LogP contribution < -0.4 is 5.32 Å². The van der Waals surface area contributed by atoms with Crippen molar-refractivity contribution in [3.8, 4) is 0 Å². The molecule has 0 bridgehead atoms. The molecule has 0 saturated heterocycles. The van der Waals surface area contributed by atoms with Crippen LogP contribution in [0, 0.1) is 0 Å². The van der Waals surface area contributed by atoms with Gasteiger partial charge in [-0.05, 0) is 17.7 Å². The Kier molecular flexibility index (Phi) is 4.06. The monoisotopic (exact) mass is 296 g/mol. The lowest BCUT2D eigenvalue weighted by atomic mass is 10.1. The summed E-state index contributed by atoms with van der Waals surface area (Å²) in [6, 6.07) is 18.3. The molecular weight excluding hydrogens is 280 g/mol. The van der Waals surface area contributed by atoms with Crippen LogP contribution in [0.4, 0.5) is 5.69 Å². The third kappa shape index (κ3) is 3.34. The van der Waals surface area contributed by atoms with E-state index in [-0.39, 0.29) is 5.91 Å². The summed E-state index contributed by atoms with van der Waals surface area (Å²) < 4.78 is 0. The minimum absolute atomic E-state index is 0.0484. The largest absolute Gasteiger partial charge is 0.326 e. The van der Waals surface area contributed by atoms with Crippen molar-refractivity contribution < 1.29 is 4.79 Å². The highest BCUT2D eigenvalue weighted by Gasteiger charge is 2.22. The van der Waals surface area contributed by atoms with Crippen LogP contribution in [0.2, 0.25) is 0 Å². The van der Waals surface area contributed by atoms with E-state index in [4.69, 9.17) is 0 Å². The quantitative estimate of drug-likeness (QED) is 0.934. The van der Waals surface area contributed by atoms with E-state index in [1.165, 1.54) is 18.1 Å². The Bertz CT molecular complexity index is 665. The molecule has 0 aromatic heterocycles. The van der Waals surface area contributed by atoms with E-state index in [0.717, 1.165) is 17.3 Å². The van der Waals surface area contributed by atoms with E-state index in [9.17, 15) is 4.79 Å². The molecule has 2 aromatic rings. The summed E-state index contributed by atoms with van der Waals surface area (Å²) in [4.78, 5) is 15.7. The highest BCUT2D eigenvalue weighted by molar-refractivity contribution is 8.14. The predicted molar refractivity (Wildman–Crippen MR) is 88.9 cm³/mol. The van der Waals surface area contributed by atoms with Crippen LogP contribution in [0.5, 0.6) is 0 Å². The van der Waals surface area contributed by atoms with Gasteiger partial charge in [0.05, 0.1) is 16.8 Å². The van der Waals surface area contributed by atoms with Crippen LogP contribution in [-0.4, -0.2) is 17.5 Å². The molecule has 0 fully saturated rings. The number of nitrogens with one attached hydrogen (secondary N) is 1. The molecule has 21 heavy (non-hydrogen) atoms. The van der Waals surface area contributed by atoms with Gasteiger partial charge in [0.2, 0.25) is 5.91 Å². The van der Waals surface area contributed by atoms with Gasteiger partial charge in [0, 0.05) is 18.2 Å². The summed E-state index contributed by atoms with van der Waals surface area (Å²) >= 11 is 1.80. The van der Waals surface area contributed by atoms with Crippen molar-refractivity contribution in [1.82, 2.24) is 0 Å². The van der Waals surface area contributed by atoms with Crippen LogP contribution in [0.25, 0.3) is 0 Å². The molecule has 0 aliphatic carbocycles. The lowest BCUT2D eigenvalue weighted by molar-refractivity contribution is -0.114. The second kappa shape index (κ2) is 6.14. The first-order chi connectivity index (χ1) is 10.2. The Morgan fingerprint density at radius 1 is 1.14 bits per heavy atom. The highest BCUT2D eigenvalue weighted by Crippen LogP contribution is 2.37. The summed E-state index contributed by atoms with van der Waals surface area (Å²) in [5.74, 6) is -0.0484. The van der Waals surface area contributed by atoms with E-state index in [2.05, 4.69) is 34.6 Å². The maximum atomic E-state index is 11.0. The second-order valence-electron chi connectivity index (χ2n) is 4.92. The number of rotatable bonds is 3. The van der Waals surface area contributed by atoms with Gasteiger partial charge in [-0.15, -0.1) is 0 Å². The van der Waals surface area contributed by atoms with E-state index >= 15 is 0 Å². The number of carbonyl (C=O) groups excluding carboxylic acids is 1. The molecule has 3 rings (SSSR count). The molecule has 1 atom stereocenters. The molecule has 1 N–H and O–H groups in total. The fourth-order valence-electron chi connectivity index (χ4n) is 2.27. The molecule has 106 valence electrons. The van der Waals surface area contributed by atoms with Crippen LogP contribution in [-0.2, 0) is 4.79 Å². The van der Waals surface area contributed by atoms with Gasteiger partial charge in [-0.2, -0.15) is 0 Å². The molecule has 4 heteroatoms. The van der Waals surface area contributed by atoms with Crippen molar-refractivity contribution in [3.05, 3.63) is 65.7 Å². The van der Waals surface area contributed by atoms with Gasteiger partial charge in [-0.1, -0.05) is 54.2 Å². The summed E-state index contributed by atoms with van der Waals surface area (Å²) in [7, 11) is 0. The van der Waals surface area contributed by atoms with Crippen molar-refractivity contribution in [2.24, 2.45) is 4.99 Å². The molecule has 1 amide bonds. The molecule has 1 aliphatic heterocycles. The zero-order valence-electron chi connectivity index (χ0n) is 11.7. The zero-order valence-corrected chi connectivity index (χ0v) is 12.6. The van der Waals surface area contributed by atoms with E-state index in [0.29, 0.717) is 5.25 Å². The summed E-state index contributed by atoms with van der Waals surface area (Å²) in [5.41, 5.74) is 3.25. The fourth-order valence-corrected chi connectivity index (χ4v) is 3.41. The molecule has 0 radical (unpaired) electrons. The van der Waals surface area contributed by atoms with Crippen molar-refractivity contribution in [2.75, 3.05) is 11.9 Å². The average molecular weight is 296 g/mol. The second-order valence-corrected chi connectivity index (χ2v) is 6.11. The Hall–Kier alpha value is -2.07. The van der Waals surface area contributed by atoms with E-state index in [1.54, 1.807) is 11.8 Å². The number of hydrogen-bond donors (Lipinski definition) is 1. The zero-order chi connectivity index (χ0) is 14.7. The Morgan fingerprint density at radius 3 is 2.52 bits per heavy atom. The highest BCUT2D eigenvalue weighted by atomic mass is 32.2. The standard InChI is InChI=1S/C17H16N2OS/c1-12(20)19-15-9-7-13(8-10-15)16-11-18-17(21-16)14-5-3-2-4-6-14/h2-10,16H,11H2,1H3,(H,19,20). The molecule has 2 aromatic carbocycles. The smallest absolute Gasteiger partial charge is 0.221 e. The number of thioether (sulfide) groups is 1. The van der Waals surface area contributed by atoms with Crippen LogP contribution in [0.3, 0.4) is 0 Å². The molecule has 0 spiro atoms. The number of carbonyl (C=O) groups is 1.